The van der Waals surface area contributed by atoms with E-state index in [0.717, 1.165) is 32.4 Å². The van der Waals surface area contributed by atoms with Gasteiger partial charge in [-0.15, -0.1) is 0 Å². The van der Waals surface area contributed by atoms with Crippen LogP contribution in [0.2, 0.25) is 0 Å². The second-order valence-electron chi connectivity index (χ2n) is 4.25. The Morgan fingerprint density at radius 3 is 2.50 bits per heavy atom. The maximum atomic E-state index is 5.85. The van der Waals surface area contributed by atoms with E-state index in [9.17, 15) is 0 Å². The summed E-state index contributed by atoms with van der Waals surface area (Å²) < 4.78 is 11.1. The lowest BCUT2D eigenvalue weighted by Crippen LogP contribution is -2.29. The molecule has 104 valence electrons. The van der Waals surface area contributed by atoms with E-state index in [4.69, 9.17) is 9.26 Å². The van der Waals surface area contributed by atoms with Gasteiger partial charge in [0.1, 0.15) is 5.60 Å². The summed E-state index contributed by atoms with van der Waals surface area (Å²) in [6.07, 6.45) is 2.46. The number of nitrogens with one attached hydrogen (secondary N) is 1. The largest absolute Gasteiger partial charge is 0.367 e. The zero-order valence-corrected chi connectivity index (χ0v) is 12.0. The number of hydrogen-bond donors (Lipinski definition) is 1. The van der Waals surface area contributed by atoms with Gasteiger partial charge >= 0.3 is 0 Å². The standard InChI is InChI=1S/C13H25N3O2/c1-5-13(6-2,17-8-4)12-15-11(18-16-12)9-10-14-7-3/h14H,5-10H2,1-4H3. The maximum absolute atomic E-state index is 5.85. The summed E-state index contributed by atoms with van der Waals surface area (Å²) >= 11 is 0. The van der Waals surface area contributed by atoms with Crippen molar-refractivity contribution in [2.45, 2.75) is 52.6 Å². The lowest BCUT2D eigenvalue weighted by atomic mass is 9.96. The van der Waals surface area contributed by atoms with E-state index >= 15 is 0 Å². The molecule has 0 aliphatic rings. The maximum Gasteiger partial charge on any atom is 0.228 e. The van der Waals surface area contributed by atoms with Gasteiger partial charge in [-0.25, -0.2) is 0 Å². The Morgan fingerprint density at radius 2 is 1.94 bits per heavy atom. The highest BCUT2D eigenvalue weighted by Crippen LogP contribution is 2.30. The van der Waals surface area contributed by atoms with Gasteiger partial charge in [0.25, 0.3) is 0 Å². The molecule has 0 saturated carbocycles. The summed E-state index contributed by atoms with van der Waals surface area (Å²) in [5, 5.41) is 7.33. The van der Waals surface area contributed by atoms with E-state index in [-0.39, 0.29) is 0 Å². The number of nitrogens with zero attached hydrogens (tertiary/aromatic N) is 2. The summed E-state index contributed by atoms with van der Waals surface area (Å²) in [7, 11) is 0. The van der Waals surface area contributed by atoms with Gasteiger partial charge < -0.3 is 14.6 Å². The normalized spacial score (nSPS) is 12.0. The van der Waals surface area contributed by atoms with Gasteiger partial charge in [0.05, 0.1) is 0 Å². The Hall–Kier alpha value is -0.940. The number of aromatic nitrogens is 2. The van der Waals surface area contributed by atoms with Gasteiger partial charge in [0.15, 0.2) is 0 Å². The number of rotatable bonds is 9. The van der Waals surface area contributed by atoms with Crippen molar-refractivity contribution in [3.8, 4) is 0 Å². The highest BCUT2D eigenvalue weighted by molar-refractivity contribution is 5.01. The van der Waals surface area contributed by atoms with Gasteiger partial charge in [-0.3, -0.25) is 0 Å². The van der Waals surface area contributed by atoms with Crippen molar-refractivity contribution in [3.05, 3.63) is 11.7 Å². The molecular weight excluding hydrogens is 230 g/mol. The molecule has 0 aromatic carbocycles. The molecule has 0 saturated heterocycles. The third-order valence-corrected chi connectivity index (χ3v) is 3.20. The monoisotopic (exact) mass is 255 g/mol. The molecule has 0 fully saturated rings. The number of likely N-dealkylation sites (N-methyl/N-ethyl adjacent to an activating group) is 1. The summed E-state index contributed by atoms with van der Waals surface area (Å²) in [5.74, 6) is 1.36. The van der Waals surface area contributed by atoms with Crippen molar-refractivity contribution in [2.75, 3.05) is 19.7 Å². The Kier molecular flexibility index (Phi) is 6.29. The predicted octanol–water partition coefficient (Wildman–Crippen LogP) is 2.27. The molecule has 18 heavy (non-hydrogen) atoms. The molecule has 0 amide bonds. The molecule has 1 aromatic heterocycles. The molecule has 0 aliphatic heterocycles. The topological polar surface area (TPSA) is 60.2 Å². The first kappa shape index (κ1) is 15.1. The number of ether oxygens (including phenoxy) is 1. The second kappa shape index (κ2) is 7.48. The minimum absolute atomic E-state index is 0.394. The molecule has 0 unspecified atom stereocenters. The summed E-state index contributed by atoms with van der Waals surface area (Å²) in [4.78, 5) is 4.47. The van der Waals surface area contributed by atoms with Crippen molar-refractivity contribution in [1.82, 2.24) is 15.5 Å². The molecule has 1 heterocycles. The van der Waals surface area contributed by atoms with Crippen molar-refractivity contribution >= 4 is 0 Å². The van der Waals surface area contributed by atoms with Crippen LogP contribution in [0.3, 0.4) is 0 Å². The minimum Gasteiger partial charge on any atom is -0.367 e. The van der Waals surface area contributed by atoms with Gasteiger partial charge in [-0.2, -0.15) is 4.98 Å². The third kappa shape index (κ3) is 3.53. The summed E-state index contributed by atoms with van der Waals surface area (Å²) in [6, 6.07) is 0. The van der Waals surface area contributed by atoms with Crippen LogP contribution in [0, 0.1) is 0 Å². The first-order chi connectivity index (χ1) is 8.72. The molecule has 0 spiro atoms. The Bertz CT molecular complexity index is 335. The van der Waals surface area contributed by atoms with Crippen LogP contribution in [0.5, 0.6) is 0 Å². The fourth-order valence-corrected chi connectivity index (χ4v) is 2.02. The molecule has 1 rings (SSSR count). The van der Waals surface area contributed by atoms with Gasteiger partial charge in [-0.1, -0.05) is 25.9 Å². The molecule has 5 nitrogen and oxygen atoms in total. The summed E-state index contributed by atoms with van der Waals surface area (Å²) in [5.41, 5.74) is -0.394. The molecular formula is C13H25N3O2. The van der Waals surface area contributed by atoms with Crippen LogP contribution in [-0.2, 0) is 16.8 Å². The molecule has 0 radical (unpaired) electrons. The fourth-order valence-electron chi connectivity index (χ4n) is 2.02. The fraction of sp³-hybridized carbons (Fsp3) is 0.846. The highest BCUT2D eigenvalue weighted by Gasteiger charge is 2.34. The van der Waals surface area contributed by atoms with E-state index in [0.29, 0.717) is 18.3 Å². The van der Waals surface area contributed by atoms with Crippen LogP contribution in [0.15, 0.2) is 4.52 Å². The molecule has 1 N–H and O–H groups in total. The molecule has 0 aliphatic carbocycles. The zero-order valence-electron chi connectivity index (χ0n) is 12.0. The molecule has 1 aromatic rings. The average molecular weight is 255 g/mol. The van der Waals surface area contributed by atoms with Crippen LogP contribution in [-0.4, -0.2) is 29.8 Å². The van der Waals surface area contributed by atoms with Crippen LogP contribution in [0.4, 0.5) is 0 Å². The Balaban J connectivity index is 2.74. The predicted molar refractivity (Wildman–Crippen MR) is 70.4 cm³/mol. The highest BCUT2D eigenvalue weighted by atomic mass is 16.5. The lowest BCUT2D eigenvalue weighted by molar-refractivity contribution is -0.0583. The first-order valence-electron chi connectivity index (χ1n) is 6.90. The second-order valence-corrected chi connectivity index (χ2v) is 4.25. The van der Waals surface area contributed by atoms with Crippen LogP contribution < -0.4 is 5.32 Å². The first-order valence-corrected chi connectivity index (χ1v) is 6.90. The zero-order chi connectivity index (χ0) is 13.4. The molecule has 0 atom stereocenters. The van der Waals surface area contributed by atoms with Crippen molar-refractivity contribution in [2.24, 2.45) is 0 Å². The van der Waals surface area contributed by atoms with E-state index in [1.807, 2.05) is 6.92 Å². The van der Waals surface area contributed by atoms with Crippen LogP contribution >= 0.6 is 0 Å². The van der Waals surface area contributed by atoms with Gasteiger partial charge in [0, 0.05) is 19.6 Å². The van der Waals surface area contributed by atoms with E-state index in [2.05, 4.69) is 36.2 Å². The van der Waals surface area contributed by atoms with Crippen LogP contribution in [0.1, 0.15) is 52.3 Å². The molecule has 5 heteroatoms. The lowest BCUT2D eigenvalue weighted by Gasteiger charge is -2.27. The minimum atomic E-state index is -0.394. The smallest absolute Gasteiger partial charge is 0.228 e. The van der Waals surface area contributed by atoms with Crippen molar-refractivity contribution in [1.29, 1.82) is 0 Å². The molecule has 0 bridgehead atoms. The van der Waals surface area contributed by atoms with E-state index < -0.39 is 5.60 Å². The van der Waals surface area contributed by atoms with Gasteiger partial charge in [0.2, 0.25) is 11.7 Å². The Morgan fingerprint density at radius 1 is 1.22 bits per heavy atom. The number of hydrogen-bond acceptors (Lipinski definition) is 5. The quantitative estimate of drug-likeness (QED) is 0.686. The van der Waals surface area contributed by atoms with Gasteiger partial charge in [-0.05, 0) is 26.3 Å². The third-order valence-electron chi connectivity index (χ3n) is 3.20. The van der Waals surface area contributed by atoms with Crippen molar-refractivity contribution in [3.63, 3.8) is 0 Å². The summed E-state index contributed by atoms with van der Waals surface area (Å²) in [6.45, 7) is 10.7. The average Bonchev–Trinajstić information content (AvgIpc) is 2.86. The van der Waals surface area contributed by atoms with Crippen LogP contribution in [0.25, 0.3) is 0 Å². The Labute approximate surface area is 109 Å². The SMILES string of the molecule is CCNCCc1nc(C(CC)(CC)OCC)no1. The van der Waals surface area contributed by atoms with E-state index in [1.165, 1.54) is 0 Å². The van der Waals surface area contributed by atoms with E-state index in [1.54, 1.807) is 0 Å². The van der Waals surface area contributed by atoms with Crippen molar-refractivity contribution < 1.29 is 9.26 Å².